The maximum Gasteiger partial charge on any atom is 0.242 e. The molecule has 3 N–H and O–H groups in total. The number of carbonyl (C=O) groups is 2. The first kappa shape index (κ1) is 16.5. The van der Waals surface area contributed by atoms with Crippen molar-refractivity contribution in [3.63, 3.8) is 0 Å². The summed E-state index contributed by atoms with van der Waals surface area (Å²) in [6, 6.07) is 9.27. The number of likely N-dealkylation sites (tertiary alicyclic amines) is 1. The molecule has 0 unspecified atom stereocenters. The van der Waals surface area contributed by atoms with Crippen molar-refractivity contribution >= 4 is 11.8 Å². The summed E-state index contributed by atoms with van der Waals surface area (Å²) >= 11 is 0. The second kappa shape index (κ2) is 7.38. The Kier molecular flexibility index (Phi) is 5.51. The van der Waals surface area contributed by atoms with Gasteiger partial charge in [0.1, 0.15) is 6.04 Å². The minimum atomic E-state index is -0.710. The Bertz CT molecular complexity index is 521. The fraction of sp³-hybridized carbons (Fsp3) is 0.500. The molecule has 0 aromatic heterocycles. The fourth-order valence-electron chi connectivity index (χ4n) is 2.93. The zero-order valence-corrected chi connectivity index (χ0v) is 13.0. The number of aliphatic hydroxyl groups is 1. The lowest BCUT2D eigenvalue weighted by Crippen LogP contribution is -2.52. The minimum Gasteiger partial charge on any atom is -0.391 e. The van der Waals surface area contributed by atoms with Crippen LogP contribution in [0.3, 0.4) is 0 Å². The molecule has 1 aliphatic heterocycles. The van der Waals surface area contributed by atoms with Crippen LogP contribution in [0.2, 0.25) is 0 Å². The predicted octanol–water partition coefficient (Wildman–Crippen LogP) is -0.270. The number of hydrogen-bond donors (Lipinski definition) is 3. The molecule has 6 nitrogen and oxygen atoms in total. The van der Waals surface area contributed by atoms with Crippen LogP contribution in [0.25, 0.3) is 0 Å². The van der Waals surface area contributed by atoms with Crippen LogP contribution in [-0.2, 0) is 16.1 Å². The molecule has 1 fully saturated rings. The van der Waals surface area contributed by atoms with Crippen LogP contribution in [0, 0.1) is 5.92 Å². The van der Waals surface area contributed by atoms with E-state index in [9.17, 15) is 14.7 Å². The molecular weight excluding hydrogens is 282 g/mol. The smallest absolute Gasteiger partial charge is 0.242 e. The third-order valence-corrected chi connectivity index (χ3v) is 3.97. The normalized spacial score (nSPS) is 23.0. The predicted molar refractivity (Wildman–Crippen MR) is 82.9 cm³/mol. The van der Waals surface area contributed by atoms with Gasteiger partial charge < -0.3 is 15.7 Å². The van der Waals surface area contributed by atoms with Gasteiger partial charge in [-0.1, -0.05) is 30.3 Å². The summed E-state index contributed by atoms with van der Waals surface area (Å²) < 4.78 is 0. The fourth-order valence-corrected chi connectivity index (χ4v) is 2.93. The number of benzene rings is 1. The Morgan fingerprint density at radius 1 is 1.32 bits per heavy atom. The van der Waals surface area contributed by atoms with Crippen LogP contribution in [0.15, 0.2) is 30.3 Å². The van der Waals surface area contributed by atoms with Gasteiger partial charge in [-0.05, 0) is 5.56 Å². The molecule has 3 atom stereocenters. The largest absolute Gasteiger partial charge is 0.391 e. The van der Waals surface area contributed by atoms with Gasteiger partial charge in [-0.3, -0.25) is 14.5 Å². The van der Waals surface area contributed by atoms with E-state index in [1.165, 1.54) is 14.0 Å². The second-order valence-corrected chi connectivity index (χ2v) is 5.70. The van der Waals surface area contributed by atoms with E-state index in [1.807, 2.05) is 30.3 Å². The van der Waals surface area contributed by atoms with Gasteiger partial charge in [0.2, 0.25) is 11.8 Å². The first-order valence-corrected chi connectivity index (χ1v) is 7.44. The topological polar surface area (TPSA) is 81.7 Å². The zero-order chi connectivity index (χ0) is 16.1. The third kappa shape index (κ3) is 4.05. The SMILES string of the molecule is CNC(=O)[C@H](NC(C)=O)[C@@H]1CN(Cc2ccccc2)C[C@@H]1O. The molecule has 120 valence electrons. The summed E-state index contributed by atoms with van der Waals surface area (Å²) in [5.41, 5.74) is 1.16. The Balaban J connectivity index is 2.04. The van der Waals surface area contributed by atoms with Crippen molar-refractivity contribution in [3.8, 4) is 0 Å². The highest BCUT2D eigenvalue weighted by Gasteiger charge is 2.40. The number of rotatable bonds is 5. The van der Waals surface area contributed by atoms with Gasteiger partial charge in [0, 0.05) is 39.5 Å². The maximum atomic E-state index is 12.0. The van der Waals surface area contributed by atoms with E-state index < -0.39 is 12.1 Å². The summed E-state index contributed by atoms with van der Waals surface area (Å²) in [4.78, 5) is 25.4. The number of aliphatic hydroxyl groups excluding tert-OH is 1. The number of amides is 2. The average molecular weight is 305 g/mol. The molecule has 1 saturated heterocycles. The summed E-state index contributed by atoms with van der Waals surface area (Å²) in [6.07, 6.45) is -0.641. The number of nitrogens with one attached hydrogen (secondary N) is 2. The van der Waals surface area contributed by atoms with Crippen molar-refractivity contribution in [2.45, 2.75) is 25.6 Å². The number of carbonyl (C=O) groups excluding carboxylic acids is 2. The van der Waals surface area contributed by atoms with Gasteiger partial charge in [-0.25, -0.2) is 0 Å². The number of β-amino-alcohol motifs (C(OH)–C–C–N with tert-alkyl or cyclic N) is 1. The van der Waals surface area contributed by atoms with Crippen molar-refractivity contribution < 1.29 is 14.7 Å². The molecule has 0 saturated carbocycles. The number of hydrogen-bond acceptors (Lipinski definition) is 4. The lowest BCUT2D eigenvalue weighted by Gasteiger charge is -2.24. The van der Waals surface area contributed by atoms with Crippen molar-refractivity contribution in [1.82, 2.24) is 15.5 Å². The van der Waals surface area contributed by atoms with Crippen LogP contribution in [-0.4, -0.2) is 54.1 Å². The highest BCUT2D eigenvalue weighted by Crippen LogP contribution is 2.22. The van der Waals surface area contributed by atoms with Gasteiger partial charge in [0.25, 0.3) is 0 Å². The number of likely N-dealkylation sites (N-methyl/N-ethyl adjacent to an activating group) is 1. The Hall–Kier alpha value is -1.92. The van der Waals surface area contributed by atoms with Crippen molar-refractivity contribution in [2.75, 3.05) is 20.1 Å². The highest BCUT2D eigenvalue weighted by atomic mass is 16.3. The van der Waals surface area contributed by atoms with Crippen LogP contribution in [0.4, 0.5) is 0 Å². The average Bonchev–Trinajstić information content (AvgIpc) is 2.85. The third-order valence-electron chi connectivity index (χ3n) is 3.97. The lowest BCUT2D eigenvalue weighted by atomic mass is 9.95. The summed E-state index contributed by atoms with van der Waals surface area (Å²) in [5, 5.41) is 15.5. The molecular formula is C16H23N3O3. The Labute approximate surface area is 130 Å². The van der Waals surface area contributed by atoms with E-state index in [0.717, 1.165) is 12.1 Å². The van der Waals surface area contributed by atoms with Gasteiger partial charge in [0.05, 0.1) is 6.10 Å². The zero-order valence-electron chi connectivity index (χ0n) is 13.0. The van der Waals surface area contributed by atoms with Crippen molar-refractivity contribution in [1.29, 1.82) is 0 Å². The minimum absolute atomic E-state index is 0.276. The molecule has 1 aromatic carbocycles. The summed E-state index contributed by atoms with van der Waals surface area (Å²) in [5.74, 6) is -0.865. The van der Waals surface area contributed by atoms with E-state index in [-0.39, 0.29) is 17.7 Å². The molecule has 0 bridgehead atoms. The highest BCUT2D eigenvalue weighted by molar-refractivity contribution is 5.87. The Morgan fingerprint density at radius 3 is 2.59 bits per heavy atom. The molecule has 6 heteroatoms. The van der Waals surface area contributed by atoms with E-state index in [1.54, 1.807) is 0 Å². The van der Waals surface area contributed by atoms with E-state index in [2.05, 4.69) is 15.5 Å². The van der Waals surface area contributed by atoms with E-state index >= 15 is 0 Å². The molecule has 1 aliphatic rings. The van der Waals surface area contributed by atoms with Crippen LogP contribution in [0.5, 0.6) is 0 Å². The first-order chi connectivity index (χ1) is 10.5. The molecule has 1 aromatic rings. The number of nitrogens with zero attached hydrogens (tertiary/aromatic N) is 1. The molecule has 0 spiro atoms. The molecule has 0 radical (unpaired) electrons. The molecule has 1 heterocycles. The Morgan fingerprint density at radius 2 is 2.00 bits per heavy atom. The van der Waals surface area contributed by atoms with Gasteiger partial charge >= 0.3 is 0 Å². The standard InChI is InChI=1S/C16H23N3O3/c1-11(20)18-15(16(22)17-2)13-9-19(10-14(13)21)8-12-6-4-3-5-7-12/h3-7,13-15,21H,8-10H2,1-2H3,(H,17,22)(H,18,20)/t13-,14+,15-/m1/s1. The second-order valence-electron chi connectivity index (χ2n) is 5.70. The quantitative estimate of drug-likeness (QED) is 0.699. The van der Waals surface area contributed by atoms with Gasteiger partial charge in [-0.15, -0.1) is 0 Å². The summed E-state index contributed by atoms with van der Waals surface area (Å²) in [7, 11) is 1.53. The van der Waals surface area contributed by atoms with Crippen LogP contribution >= 0.6 is 0 Å². The van der Waals surface area contributed by atoms with Gasteiger partial charge in [-0.2, -0.15) is 0 Å². The van der Waals surface area contributed by atoms with E-state index in [4.69, 9.17) is 0 Å². The van der Waals surface area contributed by atoms with Crippen LogP contribution in [0.1, 0.15) is 12.5 Å². The van der Waals surface area contributed by atoms with Crippen molar-refractivity contribution in [3.05, 3.63) is 35.9 Å². The summed E-state index contributed by atoms with van der Waals surface area (Å²) in [6.45, 7) is 3.15. The lowest BCUT2D eigenvalue weighted by molar-refractivity contribution is -0.129. The maximum absolute atomic E-state index is 12.0. The molecule has 2 rings (SSSR count). The molecule has 22 heavy (non-hydrogen) atoms. The van der Waals surface area contributed by atoms with Gasteiger partial charge in [0.15, 0.2) is 0 Å². The van der Waals surface area contributed by atoms with Crippen LogP contribution < -0.4 is 10.6 Å². The molecule has 0 aliphatic carbocycles. The van der Waals surface area contributed by atoms with E-state index in [0.29, 0.717) is 13.1 Å². The molecule has 2 amide bonds. The monoisotopic (exact) mass is 305 g/mol. The van der Waals surface area contributed by atoms with Crippen molar-refractivity contribution in [2.24, 2.45) is 5.92 Å². The first-order valence-electron chi connectivity index (χ1n) is 7.44.